The fraction of sp³-hybridized carbons (Fsp3) is 0.231. The van der Waals surface area contributed by atoms with Gasteiger partial charge in [0.15, 0.2) is 0 Å². The van der Waals surface area contributed by atoms with E-state index in [4.69, 9.17) is 4.74 Å². The van der Waals surface area contributed by atoms with Crippen molar-refractivity contribution in [3.63, 3.8) is 0 Å². The van der Waals surface area contributed by atoms with Crippen molar-refractivity contribution < 1.29 is 4.74 Å². The van der Waals surface area contributed by atoms with Gasteiger partial charge in [-0.05, 0) is 11.6 Å². The van der Waals surface area contributed by atoms with Gasteiger partial charge in [-0.3, -0.25) is 13.9 Å². The molecule has 0 saturated carbocycles. The first kappa shape index (κ1) is 19.8. The molecule has 0 bridgehead atoms. The van der Waals surface area contributed by atoms with Crippen LogP contribution in [0.4, 0.5) is 0 Å². The maximum atomic E-state index is 13.5. The third-order valence-corrected chi connectivity index (χ3v) is 6.81. The lowest BCUT2D eigenvalue weighted by Gasteiger charge is -2.27. The second-order valence-electron chi connectivity index (χ2n) is 8.64. The van der Waals surface area contributed by atoms with Gasteiger partial charge in [0.05, 0.1) is 28.9 Å². The zero-order chi connectivity index (χ0) is 22.9. The van der Waals surface area contributed by atoms with Crippen LogP contribution in [0.3, 0.4) is 0 Å². The number of fused-ring (bicyclic) bond motifs is 4. The molecule has 5 aromatic rings. The van der Waals surface area contributed by atoms with Crippen molar-refractivity contribution >= 4 is 21.8 Å². The first-order valence-corrected chi connectivity index (χ1v) is 11.0. The lowest BCUT2D eigenvalue weighted by Crippen LogP contribution is -2.37. The predicted molar refractivity (Wildman–Crippen MR) is 129 cm³/mol. The lowest BCUT2D eigenvalue weighted by molar-refractivity contribution is 0.0486. The maximum absolute atomic E-state index is 13.5. The van der Waals surface area contributed by atoms with E-state index in [-0.39, 0.29) is 11.2 Å². The molecule has 3 aromatic heterocycles. The summed E-state index contributed by atoms with van der Waals surface area (Å²) in [5.41, 5.74) is 4.78. The summed E-state index contributed by atoms with van der Waals surface area (Å²) in [7, 11) is 5.29. The Morgan fingerprint density at radius 1 is 0.909 bits per heavy atom. The Labute approximate surface area is 189 Å². The SMILES string of the molecule is Cn1c(=O)c2c(-c3ccccc3)n3c(c2n(C)c1=O)C(c1cn(C)c2ccccc12)OCC3. The van der Waals surface area contributed by atoms with Gasteiger partial charge < -0.3 is 13.9 Å². The van der Waals surface area contributed by atoms with Gasteiger partial charge in [0, 0.05) is 50.4 Å². The Balaban J connectivity index is 1.78. The molecule has 6 rings (SSSR count). The quantitative estimate of drug-likeness (QED) is 0.423. The van der Waals surface area contributed by atoms with Crippen molar-refractivity contribution in [2.75, 3.05) is 6.61 Å². The second-order valence-corrected chi connectivity index (χ2v) is 8.64. The van der Waals surface area contributed by atoms with E-state index < -0.39 is 6.10 Å². The maximum Gasteiger partial charge on any atom is 0.331 e. The minimum absolute atomic E-state index is 0.287. The Kier molecular flexibility index (Phi) is 4.25. The van der Waals surface area contributed by atoms with Crippen molar-refractivity contribution in [2.45, 2.75) is 12.6 Å². The number of aromatic nitrogens is 4. The molecule has 7 nitrogen and oxygen atoms in total. The van der Waals surface area contributed by atoms with E-state index in [0.29, 0.717) is 24.1 Å². The van der Waals surface area contributed by atoms with Crippen molar-refractivity contribution in [1.82, 2.24) is 18.3 Å². The zero-order valence-electron chi connectivity index (χ0n) is 18.8. The normalized spacial score (nSPS) is 15.9. The molecule has 0 spiro atoms. The zero-order valence-corrected chi connectivity index (χ0v) is 18.8. The number of hydrogen-bond acceptors (Lipinski definition) is 3. The van der Waals surface area contributed by atoms with Crippen LogP contribution >= 0.6 is 0 Å². The van der Waals surface area contributed by atoms with Crippen LogP contribution in [0.5, 0.6) is 0 Å². The van der Waals surface area contributed by atoms with Crippen molar-refractivity contribution in [3.8, 4) is 11.3 Å². The van der Waals surface area contributed by atoms with Gasteiger partial charge in [-0.25, -0.2) is 4.79 Å². The fourth-order valence-corrected chi connectivity index (χ4v) is 5.29. The molecule has 1 aliphatic heterocycles. The summed E-state index contributed by atoms with van der Waals surface area (Å²) in [6.07, 6.45) is 1.69. The van der Waals surface area contributed by atoms with E-state index in [1.165, 1.54) is 11.6 Å². The van der Waals surface area contributed by atoms with E-state index in [0.717, 1.165) is 33.4 Å². The van der Waals surface area contributed by atoms with Gasteiger partial charge in [-0.15, -0.1) is 0 Å². The van der Waals surface area contributed by atoms with Gasteiger partial charge in [-0.2, -0.15) is 0 Å². The van der Waals surface area contributed by atoms with Crippen molar-refractivity contribution in [1.29, 1.82) is 0 Å². The second kappa shape index (κ2) is 7.08. The van der Waals surface area contributed by atoms with Gasteiger partial charge >= 0.3 is 5.69 Å². The van der Waals surface area contributed by atoms with Gasteiger partial charge in [-0.1, -0.05) is 48.5 Å². The van der Waals surface area contributed by atoms with Gasteiger partial charge in [0.1, 0.15) is 6.10 Å². The number of para-hydroxylation sites is 1. The van der Waals surface area contributed by atoms with Crippen molar-refractivity contribution in [3.05, 3.63) is 92.9 Å². The van der Waals surface area contributed by atoms with Crippen LogP contribution < -0.4 is 11.2 Å². The summed E-state index contributed by atoms with van der Waals surface area (Å²) in [6, 6.07) is 18.1. The molecule has 0 N–H and O–H groups in total. The van der Waals surface area contributed by atoms with Crippen LogP contribution in [0.15, 0.2) is 70.4 Å². The number of hydrogen-bond donors (Lipinski definition) is 0. The Morgan fingerprint density at radius 2 is 1.64 bits per heavy atom. The standard InChI is InChI=1S/C26H24N4O3/c1-27-15-18(17-11-7-8-12-19(17)27)24-23-22-20(25(31)29(3)26(32)28(22)2)21(30(23)13-14-33-24)16-9-5-4-6-10-16/h4-12,15,24H,13-14H2,1-3H3. The minimum atomic E-state index is -0.400. The summed E-state index contributed by atoms with van der Waals surface area (Å²) in [5.74, 6) is 0. The molecule has 1 atom stereocenters. The molecule has 0 saturated heterocycles. The number of ether oxygens (including phenoxy) is 1. The first-order valence-electron chi connectivity index (χ1n) is 11.0. The Hall–Kier alpha value is -3.84. The van der Waals surface area contributed by atoms with Crippen LogP contribution in [0.2, 0.25) is 0 Å². The highest BCUT2D eigenvalue weighted by molar-refractivity contribution is 5.97. The third-order valence-electron chi connectivity index (χ3n) is 6.81. The van der Waals surface area contributed by atoms with Crippen LogP contribution in [-0.2, 0) is 32.4 Å². The molecule has 0 fully saturated rings. The molecular weight excluding hydrogens is 416 g/mol. The fourth-order valence-electron chi connectivity index (χ4n) is 5.29. The predicted octanol–water partition coefficient (Wildman–Crippen LogP) is 3.32. The van der Waals surface area contributed by atoms with E-state index in [1.807, 2.05) is 49.5 Å². The molecular formula is C26H24N4O3. The van der Waals surface area contributed by atoms with E-state index in [1.54, 1.807) is 11.6 Å². The summed E-state index contributed by atoms with van der Waals surface area (Å²) in [4.78, 5) is 26.4. The molecule has 33 heavy (non-hydrogen) atoms. The smallest absolute Gasteiger partial charge is 0.331 e. The number of nitrogens with zero attached hydrogens (tertiary/aromatic N) is 4. The van der Waals surface area contributed by atoms with E-state index in [2.05, 4.69) is 27.5 Å². The third kappa shape index (κ3) is 2.66. The largest absolute Gasteiger partial charge is 0.365 e. The van der Waals surface area contributed by atoms with Crippen LogP contribution in [-0.4, -0.2) is 24.9 Å². The van der Waals surface area contributed by atoms with Crippen LogP contribution in [0, 0.1) is 0 Å². The molecule has 1 aliphatic rings. The minimum Gasteiger partial charge on any atom is -0.365 e. The average molecular weight is 441 g/mol. The Morgan fingerprint density at radius 3 is 2.42 bits per heavy atom. The highest BCUT2D eigenvalue weighted by Crippen LogP contribution is 2.42. The number of rotatable bonds is 2. The molecule has 0 amide bonds. The molecule has 0 aliphatic carbocycles. The molecule has 166 valence electrons. The molecule has 7 heteroatoms. The van der Waals surface area contributed by atoms with Crippen LogP contribution in [0.25, 0.3) is 33.1 Å². The van der Waals surface area contributed by atoms with E-state index in [9.17, 15) is 9.59 Å². The highest BCUT2D eigenvalue weighted by Gasteiger charge is 2.34. The number of aryl methyl sites for hydroxylation is 2. The molecule has 0 radical (unpaired) electrons. The topological polar surface area (TPSA) is 63.1 Å². The van der Waals surface area contributed by atoms with Crippen LogP contribution in [0.1, 0.15) is 17.4 Å². The highest BCUT2D eigenvalue weighted by atomic mass is 16.5. The van der Waals surface area contributed by atoms with Gasteiger partial charge in [0.25, 0.3) is 5.56 Å². The lowest BCUT2D eigenvalue weighted by atomic mass is 10.0. The van der Waals surface area contributed by atoms with E-state index >= 15 is 0 Å². The molecule has 1 unspecified atom stereocenters. The first-order chi connectivity index (χ1) is 16.0. The summed E-state index contributed by atoms with van der Waals surface area (Å²) in [5, 5.41) is 1.65. The summed E-state index contributed by atoms with van der Waals surface area (Å²) in [6.45, 7) is 1.11. The molecule has 4 heterocycles. The van der Waals surface area contributed by atoms with Gasteiger partial charge in [0.2, 0.25) is 0 Å². The Bertz CT molecular complexity index is 1670. The average Bonchev–Trinajstić information content (AvgIpc) is 3.37. The van der Waals surface area contributed by atoms with Crippen molar-refractivity contribution in [2.24, 2.45) is 21.1 Å². The monoisotopic (exact) mass is 440 g/mol. The number of benzene rings is 2. The summed E-state index contributed by atoms with van der Waals surface area (Å²) < 4.78 is 13.4. The molecule has 2 aromatic carbocycles. The summed E-state index contributed by atoms with van der Waals surface area (Å²) >= 11 is 0.